The molecule has 0 N–H and O–H groups in total. The van der Waals surface area contributed by atoms with Crippen molar-refractivity contribution in [1.29, 1.82) is 0 Å². The summed E-state index contributed by atoms with van der Waals surface area (Å²) in [6, 6.07) is 116. The first-order chi connectivity index (χ1) is 64.6. The van der Waals surface area contributed by atoms with E-state index in [2.05, 4.69) is 231 Å². The zero-order valence-corrected chi connectivity index (χ0v) is 81.0. The van der Waals surface area contributed by atoms with Gasteiger partial charge in [0.25, 0.3) is 0 Å². The van der Waals surface area contributed by atoms with Gasteiger partial charge >= 0.3 is 21.1 Å². The molecule has 137 heavy (non-hydrogen) atoms. The number of hydrogen-bond acceptors (Lipinski definition) is 18. The second kappa shape index (κ2) is 39.1. The topological polar surface area (TPSA) is 171 Å². The lowest BCUT2D eigenvalue weighted by Gasteiger charge is -2.32. The quantitative estimate of drug-likeness (QED) is 0.0719. The van der Waals surface area contributed by atoms with Gasteiger partial charge in [0.05, 0.1) is 64.3 Å². The predicted octanol–water partition coefficient (Wildman–Crippen LogP) is 30.8. The first-order valence-corrected chi connectivity index (χ1v) is 47.9. The van der Waals surface area contributed by atoms with Crippen LogP contribution in [0.3, 0.4) is 0 Å². The zero-order chi connectivity index (χ0) is 92.4. The molecular weight excluding hydrogens is 1790 g/mol. The molecule has 0 bridgehead atoms. The van der Waals surface area contributed by atoms with E-state index in [0.717, 1.165) is 97.3 Å². The minimum Gasteiger partial charge on any atom is -0.405 e. The maximum absolute atomic E-state index is 6.28. The Morgan fingerprint density at radius 3 is 0.825 bits per heavy atom. The Bertz CT molecular complexity index is 7780. The van der Waals surface area contributed by atoms with Crippen LogP contribution in [0.2, 0.25) is 10.3 Å². The molecule has 5 aromatic heterocycles. The van der Waals surface area contributed by atoms with Gasteiger partial charge in [-0.05, 0) is 185 Å². The number of rotatable bonds is 10. The minimum atomic E-state index is -0.476. The predicted molar refractivity (Wildman–Crippen MR) is 578 cm³/mol. The van der Waals surface area contributed by atoms with Crippen molar-refractivity contribution >= 4 is 179 Å². The highest BCUT2D eigenvalue weighted by molar-refractivity contribution is 7.22. The highest BCUT2D eigenvalue weighted by Gasteiger charge is 2.64. The number of benzene rings is 16. The molecule has 682 valence electrons. The van der Waals surface area contributed by atoms with Crippen LogP contribution in [0, 0.1) is 7.43 Å². The summed E-state index contributed by atoms with van der Waals surface area (Å²) in [4.78, 5) is 42.6. The number of aromatic nitrogens is 9. The molecule has 24 rings (SSSR count). The van der Waals surface area contributed by atoms with E-state index in [4.69, 9.17) is 81.0 Å². The van der Waals surface area contributed by atoms with Crippen LogP contribution in [0.5, 0.6) is 0 Å². The first kappa shape index (κ1) is 96.0. The Hall–Kier alpha value is -12.7. The summed E-state index contributed by atoms with van der Waals surface area (Å²) in [5.74, 6) is 3.13. The number of hydrogen-bond donors (Lipinski definition) is 0. The van der Waals surface area contributed by atoms with Crippen LogP contribution in [0.4, 0.5) is 0 Å². The third-order valence-corrected chi connectivity index (χ3v) is 29.7. The second-order valence-electron chi connectivity index (χ2n) is 36.5. The average molecular weight is 1890 g/mol. The van der Waals surface area contributed by atoms with Crippen molar-refractivity contribution in [3.8, 4) is 88.7 Å². The molecule has 21 aromatic rings. The third-order valence-electron chi connectivity index (χ3n) is 26.0. The number of fused-ring (bicyclic) bond motifs is 15. The van der Waals surface area contributed by atoms with Gasteiger partial charge in [-0.3, -0.25) is 0 Å². The fourth-order valence-electron chi connectivity index (χ4n) is 16.7. The van der Waals surface area contributed by atoms with Gasteiger partial charge in [-0.2, -0.15) is 9.97 Å². The molecule has 0 spiro atoms. The van der Waals surface area contributed by atoms with Crippen LogP contribution in [-0.2, 0) is 27.9 Å². The summed E-state index contributed by atoms with van der Waals surface area (Å²) in [6.07, 6.45) is 0. The lowest BCUT2D eigenvalue weighted by Crippen LogP contribution is -2.41. The zero-order valence-electron chi connectivity index (χ0n) is 77.0. The molecule has 3 aliphatic heterocycles. The molecule has 8 heterocycles. The maximum Gasteiger partial charge on any atom is 0.494 e. The molecular formula is C114H103B3Cl2N9O6S3-. The fraction of sp³-hybridized carbons (Fsp3) is 0.175. The summed E-state index contributed by atoms with van der Waals surface area (Å²) in [6.45, 7) is 24.6. The van der Waals surface area contributed by atoms with E-state index in [0.29, 0.717) is 29.1 Å². The van der Waals surface area contributed by atoms with E-state index in [1.165, 1.54) is 68.0 Å². The maximum atomic E-state index is 6.28. The van der Waals surface area contributed by atoms with E-state index in [1.807, 2.05) is 207 Å². The molecule has 0 aliphatic carbocycles. The van der Waals surface area contributed by atoms with E-state index in [1.54, 1.807) is 34.0 Å². The van der Waals surface area contributed by atoms with Crippen molar-refractivity contribution < 1.29 is 27.9 Å². The van der Waals surface area contributed by atoms with Gasteiger partial charge in [-0.15, -0.1) is 34.0 Å². The van der Waals surface area contributed by atoms with Gasteiger partial charge in [0.2, 0.25) is 5.28 Å². The van der Waals surface area contributed by atoms with E-state index in [9.17, 15) is 0 Å². The first-order valence-electron chi connectivity index (χ1n) is 44.7. The van der Waals surface area contributed by atoms with E-state index >= 15 is 0 Å². The second-order valence-corrected chi connectivity index (χ2v) is 40.4. The van der Waals surface area contributed by atoms with Crippen LogP contribution < -0.4 is 5.46 Å². The monoisotopic (exact) mass is 1890 g/mol. The molecule has 0 saturated carbocycles. The van der Waals surface area contributed by atoms with Crippen LogP contribution in [0.25, 0.3) is 184 Å². The Labute approximate surface area is 823 Å². The highest BCUT2D eigenvalue weighted by Crippen LogP contribution is 2.47. The molecule has 3 aliphatic rings. The van der Waals surface area contributed by atoms with Crippen molar-refractivity contribution in [1.82, 2.24) is 44.9 Å². The largest absolute Gasteiger partial charge is 0.494 e. The Morgan fingerprint density at radius 2 is 0.496 bits per heavy atom. The van der Waals surface area contributed by atoms with Gasteiger partial charge in [0, 0.05) is 65.7 Å². The van der Waals surface area contributed by atoms with Crippen molar-refractivity contribution in [3.63, 3.8) is 0 Å². The fourth-order valence-corrected chi connectivity index (χ4v) is 20.0. The third kappa shape index (κ3) is 19.5. The standard InChI is InChI=1S/C36H22N4S.C27H24BNO2S.C21H12ClNS.C15H10ClN3.C12H24B2O4.2CH4.CH3/c1-4-10-24(11-5-1)33-38-34(25-12-6-2-7-13-25)40-35(39-33)28-18-20-29-27(22-28)17-16-23-19-21-30-32(31(23)29)37-36(41-30)26-14-8-3-9-15-26;1-26(2)27(3,4)31-28(30-26)20-13-14-21-19(16-20)11-10-17-12-15-22-24(23(17)21)29-25(32-22)18-8-6-5-7-9-18;22-16-9-10-17-15(12-16)7-6-13-8-11-18-20(19(13)17)23-21(24-18)14-4-2-1-3-5-14;16-15-18-13(11-7-3-1-4-8-11)17-14(19-15)12-9-5-2-6-10-12;1-9(2)10(3,4)16-13(15-9)14-17-11(5,6)12(7,8)18-14;;;/h1-22H;5-16H,1-4H3;1-12H;1-10H;1-8H3;2*1H4;1H3/q;;;;;;;-1. The van der Waals surface area contributed by atoms with E-state index < -0.39 is 14.0 Å². The molecule has 15 nitrogen and oxygen atoms in total. The molecule has 0 atom stereocenters. The van der Waals surface area contributed by atoms with Gasteiger partial charge < -0.3 is 35.4 Å². The van der Waals surface area contributed by atoms with Crippen LogP contribution in [-0.4, -0.2) is 99.6 Å². The summed E-state index contributed by atoms with van der Waals surface area (Å²) >= 11 is 17.4. The smallest absolute Gasteiger partial charge is 0.405 e. The normalized spacial score (nSPS) is 15.2. The average Bonchev–Trinajstić information content (AvgIpc) is 1.42. The van der Waals surface area contributed by atoms with Crippen LogP contribution >= 0.6 is 57.2 Å². The van der Waals surface area contributed by atoms with Gasteiger partial charge in [-0.25, -0.2) is 34.9 Å². The van der Waals surface area contributed by atoms with Crippen LogP contribution in [0.1, 0.15) is 97.9 Å². The van der Waals surface area contributed by atoms with Gasteiger partial charge in [0.15, 0.2) is 29.1 Å². The lowest BCUT2D eigenvalue weighted by molar-refractivity contribution is 0.00578. The summed E-state index contributed by atoms with van der Waals surface area (Å²) in [5.41, 5.74) is 10.3. The van der Waals surface area contributed by atoms with Gasteiger partial charge in [0.1, 0.15) is 15.0 Å². The molecule has 0 radical (unpaired) electrons. The van der Waals surface area contributed by atoms with Gasteiger partial charge in [-0.1, -0.05) is 330 Å². The van der Waals surface area contributed by atoms with Crippen molar-refractivity contribution in [2.45, 2.75) is 132 Å². The van der Waals surface area contributed by atoms with Crippen molar-refractivity contribution in [2.24, 2.45) is 0 Å². The Kier molecular flexibility index (Phi) is 27.4. The summed E-state index contributed by atoms with van der Waals surface area (Å²) < 4.78 is 40.0. The summed E-state index contributed by atoms with van der Waals surface area (Å²) in [5, 5.41) is 18.3. The number of thiazole rings is 3. The lowest BCUT2D eigenvalue weighted by atomic mass is 9.49. The molecule has 23 heteroatoms. The summed E-state index contributed by atoms with van der Waals surface area (Å²) in [7, 11) is -1.31. The highest BCUT2D eigenvalue weighted by atomic mass is 35.5. The van der Waals surface area contributed by atoms with Crippen LogP contribution in [0.15, 0.2) is 340 Å². The molecule has 3 saturated heterocycles. The number of nitrogens with zero attached hydrogens (tertiary/aromatic N) is 9. The Balaban J connectivity index is 0.000000122. The molecule has 16 aromatic carbocycles. The minimum absolute atomic E-state index is 0. The molecule has 3 fully saturated rings. The SMILES string of the molecule is C.C.CC1(C)OB(B2OC(C)(C)C(C)(C)O2)OC1(C)C.CC1(C)OB(c2ccc3c(ccc4ccc5sc(-c6ccccc6)nc5c43)c2)OC1(C)C.Clc1ccc2c(ccc3ccc4sc(-c5ccccc5)nc4c32)c1.Clc1nc(-c2ccccc2)nc(-c2ccccc2)n1.[CH3-].c1ccc(-c2nc(-c3ccccc3)nc(-c3ccc4c(ccc5ccc6sc(-c7ccccc7)nc6c54)c3)n2)cc1. The Morgan fingerprint density at radius 1 is 0.241 bits per heavy atom. The molecule has 0 amide bonds. The van der Waals surface area contributed by atoms with Crippen molar-refractivity contribution in [2.75, 3.05) is 0 Å². The van der Waals surface area contributed by atoms with Crippen molar-refractivity contribution in [3.05, 3.63) is 357 Å². The number of halogens is 2. The molecule has 0 unspecified atom stereocenters. The van der Waals surface area contributed by atoms with E-state index in [-0.39, 0.29) is 68.3 Å².